The Morgan fingerprint density at radius 1 is 1.31 bits per heavy atom. The van der Waals surface area contributed by atoms with Gasteiger partial charge in [-0.1, -0.05) is 31.6 Å². The second-order valence-corrected chi connectivity index (χ2v) is 8.28. The van der Waals surface area contributed by atoms with E-state index in [9.17, 15) is 4.79 Å². The predicted octanol–water partition coefficient (Wildman–Crippen LogP) is 5.07. The molecule has 26 heavy (non-hydrogen) atoms. The van der Waals surface area contributed by atoms with Crippen LogP contribution in [0.5, 0.6) is 5.75 Å². The number of aryl methyl sites for hydroxylation is 1. The highest BCUT2D eigenvalue weighted by molar-refractivity contribution is 6.08. The first kappa shape index (κ1) is 17.8. The number of Topliss-reactive ketones (excluding diaryl/α,β-unsaturated/α-hetero) is 1. The average molecular weight is 354 g/mol. The maximum absolute atomic E-state index is 13.9. The van der Waals surface area contributed by atoms with E-state index in [0.29, 0.717) is 11.8 Å². The van der Waals surface area contributed by atoms with Gasteiger partial charge in [0.2, 0.25) is 0 Å². The molecule has 0 amide bonds. The lowest BCUT2D eigenvalue weighted by atomic mass is 9.65. The molecule has 5 unspecified atom stereocenters. The van der Waals surface area contributed by atoms with E-state index < -0.39 is 5.60 Å². The van der Waals surface area contributed by atoms with Crippen molar-refractivity contribution in [2.24, 2.45) is 17.3 Å². The van der Waals surface area contributed by atoms with Crippen molar-refractivity contribution >= 4 is 5.78 Å². The number of ketones is 1. The summed E-state index contributed by atoms with van der Waals surface area (Å²) in [4.78, 5) is 13.9. The van der Waals surface area contributed by atoms with Crippen LogP contribution >= 0.6 is 0 Å². The second kappa shape index (κ2) is 5.95. The fourth-order valence-electron chi connectivity index (χ4n) is 6.85. The minimum atomic E-state index is -0.711. The minimum Gasteiger partial charge on any atom is -0.496 e. The number of methoxy groups -OCH3 is 2. The molecule has 4 bridgehead atoms. The molecule has 3 nitrogen and oxygen atoms in total. The van der Waals surface area contributed by atoms with Gasteiger partial charge in [-0.05, 0) is 62.1 Å². The van der Waals surface area contributed by atoms with Crippen LogP contribution in [-0.2, 0) is 4.74 Å². The van der Waals surface area contributed by atoms with Crippen molar-refractivity contribution in [1.29, 1.82) is 0 Å². The van der Waals surface area contributed by atoms with Gasteiger partial charge in [0.1, 0.15) is 11.4 Å². The summed E-state index contributed by atoms with van der Waals surface area (Å²) in [6.45, 7) is 6.40. The molecule has 2 saturated carbocycles. The average Bonchev–Trinajstić information content (AvgIpc) is 3.05. The molecular formula is C23H30O3. The summed E-state index contributed by atoms with van der Waals surface area (Å²) in [5.74, 6) is 2.11. The van der Waals surface area contributed by atoms with Crippen LogP contribution in [0.15, 0.2) is 24.3 Å². The van der Waals surface area contributed by atoms with E-state index in [-0.39, 0.29) is 17.1 Å². The first-order valence-corrected chi connectivity index (χ1v) is 9.94. The SMILES string of the molecule is CC=CC12CCC3C(c4cc(C)c(OC)cc4C(=O)C31OC)C2CCC. The fourth-order valence-corrected chi connectivity index (χ4v) is 6.85. The van der Waals surface area contributed by atoms with Gasteiger partial charge in [0.15, 0.2) is 5.78 Å². The summed E-state index contributed by atoms with van der Waals surface area (Å²) < 4.78 is 11.7. The largest absolute Gasteiger partial charge is 0.496 e. The summed E-state index contributed by atoms with van der Waals surface area (Å²) in [6.07, 6.45) is 8.83. The summed E-state index contributed by atoms with van der Waals surface area (Å²) in [5.41, 5.74) is 2.28. The highest BCUT2D eigenvalue weighted by Gasteiger charge is 2.77. The van der Waals surface area contributed by atoms with E-state index in [1.165, 1.54) is 5.56 Å². The molecule has 0 saturated heterocycles. The molecule has 0 spiro atoms. The van der Waals surface area contributed by atoms with E-state index >= 15 is 0 Å². The molecule has 3 heteroatoms. The van der Waals surface area contributed by atoms with Crippen molar-refractivity contribution < 1.29 is 14.3 Å². The van der Waals surface area contributed by atoms with Crippen LogP contribution < -0.4 is 4.74 Å². The van der Waals surface area contributed by atoms with Gasteiger partial charge in [-0.25, -0.2) is 0 Å². The van der Waals surface area contributed by atoms with Crippen LogP contribution in [0.1, 0.15) is 66.9 Å². The number of carbonyl (C=O) groups excluding carboxylic acids is 1. The number of rotatable bonds is 5. The van der Waals surface area contributed by atoms with E-state index in [0.717, 1.165) is 42.6 Å². The van der Waals surface area contributed by atoms with Crippen molar-refractivity contribution in [2.45, 2.75) is 58.0 Å². The predicted molar refractivity (Wildman–Crippen MR) is 103 cm³/mol. The van der Waals surface area contributed by atoms with E-state index in [4.69, 9.17) is 9.47 Å². The first-order valence-electron chi connectivity index (χ1n) is 9.94. The number of hydrogen-bond acceptors (Lipinski definition) is 3. The van der Waals surface area contributed by atoms with Crippen molar-refractivity contribution in [3.63, 3.8) is 0 Å². The summed E-state index contributed by atoms with van der Waals surface area (Å²) in [7, 11) is 3.42. The smallest absolute Gasteiger partial charge is 0.196 e. The number of carbonyl (C=O) groups is 1. The number of allylic oxidation sites excluding steroid dienone is 1. The summed E-state index contributed by atoms with van der Waals surface area (Å²) in [6, 6.07) is 4.17. The third kappa shape index (κ3) is 1.80. The van der Waals surface area contributed by atoms with Gasteiger partial charge < -0.3 is 9.47 Å². The molecule has 2 fully saturated rings. The van der Waals surface area contributed by atoms with Crippen LogP contribution in [0.2, 0.25) is 0 Å². The highest BCUT2D eigenvalue weighted by Crippen LogP contribution is 2.74. The molecule has 0 aromatic heterocycles. The van der Waals surface area contributed by atoms with E-state index in [2.05, 4.69) is 39.0 Å². The fraction of sp³-hybridized carbons (Fsp3) is 0.609. The van der Waals surface area contributed by atoms with Crippen LogP contribution in [-0.4, -0.2) is 25.6 Å². The van der Waals surface area contributed by atoms with Crippen LogP contribution in [0.25, 0.3) is 0 Å². The Morgan fingerprint density at radius 3 is 2.69 bits per heavy atom. The lowest BCUT2D eigenvalue weighted by Crippen LogP contribution is -2.53. The molecule has 3 aliphatic rings. The quantitative estimate of drug-likeness (QED) is 0.693. The van der Waals surface area contributed by atoms with Crippen molar-refractivity contribution in [3.05, 3.63) is 41.0 Å². The topological polar surface area (TPSA) is 35.5 Å². The third-order valence-corrected chi connectivity index (χ3v) is 7.51. The molecule has 3 aliphatic carbocycles. The Hall–Kier alpha value is -1.61. The molecule has 0 N–H and O–H groups in total. The first-order chi connectivity index (χ1) is 12.5. The molecule has 0 aliphatic heterocycles. The van der Waals surface area contributed by atoms with Gasteiger partial charge in [0, 0.05) is 24.0 Å². The maximum atomic E-state index is 13.9. The van der Waals surface area contributed by atoms with Crippen molar-refractivity contribution in [3.8, 4) is 5.75 Å². The Kier molecular flexibility index (Phi) is 4.07. The molecule has 0 heterocycles. The molecule has 4 rings (SSSR count). The zero-order valence-electron chi connectivity index (χ0n) is 16.6. The van der Waals surface area contributed by atoms with Gasteiger partial charge >= 0.3 is 0 Å². The van der Waals surface area contributed by atoms with Crippen molar-refractivity contribution in [1.82, 2.24) is 0 Å². The van der Waals surface area contributed by atoms with E-state index in [1.54, 1.807) is 14.2 Å². The van der Waals surface area contributed by atoms with Crippen LogP contribution in [0, 0.1) is 24.2 Å². The minimum absolute atomic E-state index is 0.170. The Balaban J connectivity index is 2.02. The highest BCUT2D eigenvalue weighted by atomic mass is 16.5. The molecule has 140 valence electrons. The standard InChI is InChI=1S/C23H30O3/c1-6-8-17-20-15-12-14(3)19(25-4)13-16(15)21(24)23(26-5)18(20)9-11-22(17,23)10-7-2/h7,10,12-13,17-18,20H,6,8-9,11H2,1-5H3. The second-order valence-electron chi connectivity index (χ2n) is 8.28. The van der Waals surface area contributed by atoms with E-state index in [1.807, 2.05) is 6.07 Å². The van der Waals surface area contributed by atoms with Gasteiger partial charge in [-0.3, -0.25) is 4.79 Å². The molecule has 0 radical (unpaired) electrons. The zero-order chi connectivity index (χ0) is 18.7. The summed E-state index contributed by atoms with van der Waals surface area (Å²) >= 11 is 0. The van der Waals surface area contributed by atoms with Crippen LogP contribution in [0.4, 0.5) is 0 Å². The lowest BCUT2D eigenvalue weighted by molar-refractivity contribution is -0.0563. The van der Waals surface area contributed by atoms with Gasteiger partial charge in [0.05, 0.1) is 7.11 Å². The van der Waals surface area contributed by atoms with Gasteiger partial charge in [0.25, 0.3) is 0 Å². The normalized spacial score (nSPS) is 37.4. The maximum Gasteiger partial charge on any atom is 0.196 e. The number of fused-ring (bicyclic) bond motifs is 2. The van der Waals surface area contributed by atoms with Gasteiger partial charge in [-0.2, -0.15) is 0 Å². The molecule has 1 aromatic carbocycles. The summed E-state index contributed by atoms with van der Waals surface area (Å²) in [5, 5.41) is 0. The molecular weight excluding hydrogens is 324 g/mol. The molecule has 5 atom stereocenters. The third-order valence-electron chi connectivity index (χ3n) is 7.51. The zero-order valence-corrected chi connectivity index (χ0v) is 16.6. The molecule has 1 aromatic rings. The number of benzene rings is 1. The Labute approximate surface area is 156 Å². The number of hydrogen-bond donors (Lipinski definition) is 0. The Bertz CT molecular complexity index is 780. The Morgan fingerprint density at radius 2 is 2.08 bits per heavy atom. The lowest BCUT2D eigenvalue weighted by Gasteiger charge is -2.42. The number of ether oxygens (including phenoxy) is 2. The van der Waals surface area contributed by atoms with Gasteiger partial charge in [-0.15, -0.1) is 0 Å². The van der Waals surface area contributed by atoms with Crippen LogP contribution in [0.3, 0.4) is 0 Å². The monoisotopic (exact) mass is 354 g/mol. The van der Waals surface area contributed by atoms with Crippen molar-refractivity contribution in [2.75, 3.05) is 14.2 Å².